The summed E-state index contributed by atoms with van der Waals surface area (Å²) < 4.78 is 189. The summed E-state index contributed by atoms with van der Waals surface area (Å²) >= 11 is 1.00. The van der Waals surface area contributed by atoms with E-state index in [1.807, 2.05) is 0 Å². The van der Waals surface area contributed by atoms with Gasteiger partial charge in [0, 0.05) is 52.8 Å². The van der Waals surface area contributed by atoms with Crippen LogP contribution in [0.25, 0.3) is 115 Å². The molecule has 57 heavy (non-hydrogen) atoms. The van der Waals surface area contributed by atoms with E-state index >= 15 is 0 Å². The maximum Gasteiger partial charge on any atom is 0.238 e. The molecule has 0 bridgehead atoms. The van der Waals surface area contributed by atoms with Crippen LogP contribution in [0, 0.1) is 0 Å². The minimum absolute atomic E-state index is 0.0229. The molecule has 4 heterocycles. The summed E-state index contributed by atoms with van der Waals surface area (Å²) in [6, 6.07) is 4.20. The lowest BCUT2D eigenvalue weighted by atomic mass is 9.99. The van der Waals surface area contributed by atoms with E-state index in [4.69, 9.17) is 30.8 Å². The monoisotopic (exact) mass is 766 g/mol. The lowest BCUT2D eigenvalue weighted by Gasteiger charge is -2.11. The van der Waals surface area contributed by atoms with Crippen molar-refractivity contribution in [3.63, 3.8) is 0 Å². The minimum Gasteiger partial charge on any atom is -0.456 e. The molecule has 0 aliphatic heterocycles. The zero-order valence-electron chi connectivity index (χ0n) is 48.9. The Hall–Kier alpha value is -7.41. The van der Waals surface area contributed by atoms with Crippen LogP contribution in [0.5, 0.6) is 0 Å². The van der Waals surface area contributed by atoms with Gasteiger partial charge in [-0.25, -0.2) is 4.98 Å². The first-order chi connectivity index (χ1) is 36.6. The minimum atomic E-state index is -0.773. The first kappa shape index (κ1) is 18.0. The van der Waals surface area contributed by atoms with Gasteiger partial charge in [0.15, 0.2) is 11.6 Å². The molecule has 0 fully saturated rings. The van der Waals surface area contributed by atoms with E-state index in [1.165, 1.54) is 0 Å². The number of fused-ring (bicyclic) bond motifs is 10. The number of rotatable bonds is 5. The zero-order valence-corrected chi connectivity index (χ0v) is 29.7. The Morgan fingerprint density at radius 2 is 1.19 bits per heavy atom. The second kappa shape index (κ2) is 12.6. The van der Waals surface area contributed by atoms with Crippen molar-refractivity contribution in [2.24, 2.45) is 0 Å². The zero-order chi connectivity index (χ0) is 54.9. The van der Waals surface area contributed by atoms with Gasteiger partial charge >= 0.3 is 0 Å². The Balaban J connectivity index is 1.24. The van der Waals surface area contributed by atoms with E-state index < -0.39 is 154 Å². The Kier molecular flexibility index (Phi) is 3.97. The molecular weight excluding hydrogens is 717 g/mol. The fraction of sp³-hybridized carbons (Fsp3) is 0. The number of hydrogen-bond donors (Lipinski definition) is 0. The highest BCUT2D eigenvalue weighted by atomic mass is 32.1. The summed E-state index contributed by atoms with van der Waals surface area (Å²) in [5.41, 5.74) is -1.88. The predicted molar refractivity (Wildman–Crippen MR) is 236 cm³/mol. The summed E-state index contributed by atoms with van der Waals surface area (Å²) in [5.74, 6) is -1.09. The van der Waals surface area contributed by atoms with E-state index in [-0.39, 0.29) is 65.5 Å². The van der Waals surface area contributed by atoms with Crippen molar-refractivity contribution in [1.82, 2.24) is 19.5 Å². The molecular formula is C51H30N4OS. The SMILES string of the molecule is [2H]c1c([2H])c([2H])c(-c2c([2H])c([2H])c([2H])c3oc4c([2H])c(-c5nc(-c6ccccc6)nc(-n6c7c([2H])c([2H])c([2H])c([2H])c7c7c8c(sc9c(-c%10ccccc%10)c([2H])c([2H])c([2H])c98)c([2H])c([2H])c76)n5)c([2H])c([2H])c4c23)c([2H])c1[2H]. The highest BCUT2D eigenvalue weighted by Gasteiger charge is 2.22. The Morgan fingerprint density at radius 1 is 0.474 bits per heavy atom. The van der Waals surface area contributed by atoms with Crippen LogP contribution in [-0.2, 0) is 0 Å². The maximum atomic E-state index is 9.73. The number of benzene rings is 8. The molecule has 6 heteroatoms. The molecule has 0 saturated carbocycles. The molecule has 0 aliphatic carbocycles. The average molecular weight is 767 g/mol. The van der Waals surface area contributed by atoms with Crippen LogP contribution in [0.4, 0.5) is 0 Å². The average Bonchev–Trinajstić information content (AvgIpc) is 3.82. The van der Waals surface area contributed by atoms with Gasteiger partial charge in [-0.05, 0) is 58.5 Å². The molecule has 8 aromatic carbocycles. The van der Waals surface area contributed by atoms with Crippen molar-refractivity contribution in [2.75, 3.05) is 0 Å². The van der Waals surface area contributed by atoms with Crippen LogP contribution in [0.1, 0.15) is 27.4 Å². The highest BCUT2D eigenvalue weighted by Crippen LogP contribution is 2.46. The Morgan fingerprint density at radius 3 is 2.04 bits per heavy atom. The van der Waals surface area contributed by atoms with E-state index in [9.17, 15) is 11.0 Å². The smallest absolute Gasteiger partial charge is 0.238 e. The topological polar surface area (TPSA) is 56.7 Å². The van der Waals surface area contributed by atoms with Gasteiger partial charge in [-0.1, -0.05) is 145 Å². The number of furan rings is 1. The first-order valence-corrected chi connectivity index (χ1v) is 18.2. The molecule has 0 N–H and O–H groups in total. The number of para-hydroxylation sites is 1. The van der Waals surface area contributed by atoms with E-state index in [0.717, 1.165) is 15.9 Å². The molecule has 0 saturated heterocycles. The van der Waals surface area contributed by atoms with Gasteiger partial charge in [0.05, 0.1) is 38.4 Å². The van der Waals surface area contributed by atoms with Crippen molar-refractivity contribution in [3.8, 4) is 51.0 Å². The Labute approximate surface area is 358 Å². The molecule has 0 spiro atoms. The molecule has 4 aromatic heterocycles. The van der Waals surface area contributed by atoms with Crippen LogP contribution in [-0.4, -0.2) is 19.5 Å². The highest BCUT2D eigenvalue weighted by molar-refractivity contribution is 7.26. The summed E-state index contributed by atoms with van der Waals surface area (Å²) in [7, 11) is 0. The standard InChI is InChI=1S/C51H30N4OS/c1-4-14-31(15-5-1)35-21-13-25-42-45(35)38-27-26-34(30-43(38)56-42)50-52-49(33-18-8-3-9-19-33)53-51(54-50)55-40-24-11-10-20-37(40)46-41(55)28-29-44-47(46)39-23-12-22-36(48(39)57-44)32-16-6-2-7-17-32/h1-30H/i1D,4D,5D,10D,11D,12D,13D,14D,15D,20D,21D,22D,23D,24D,25D,26D,27D,28D,29D,30D. The summed E-state index contributed by atoms with van der Waals surface area (Å²) in [5, 5.41) is -0.708. The van der Waals surface area contributed by atoms with Gasteiger partial charge in [-0.3, -0.25) is 4.57 Å². The van der Waals surface area contributed by atoms with Crippen LogP contribution in [0.3, 0.4) is 0 Å². The van der Waals surface area contributed by atoms with E-state index in [2.05, 4.69) is 4.98 Å². The fourth-order valence-corrected chi connectivity index (χ4v) is 8.30. The third kappa shape index (κ3) is 4.98. The molecule has 12 rings (SSSR count). The number of thiophene rings is 1. The maximum absolute atomic E-state index is 9.73. The molecule has 266 valence electrons. The third-order valence-corrected chi connectivity index (χ3v) is 10.7. The number of nitrogens with zero attached hydrogens (tertiary/aromatic N) is 4. The molecule has 5 nitrogen and oxygen atoms in total. The second-order valence-corrected chi connectivity index (χ2v) is 13.8. The molecule has 0 atom stereocenters. The lowest BCUT2D eigenvalue weighted by Crippen LogP contribution is -2.06. The molecule has 0 amide bonds. The predicted octanol–water partition coefficient (Wildman–Crippen LogP) is 13.9. The van der Waals surface area contributed by atoms with Crippen molar-refractivity contribution < 1.29 is 31.8 Å². The van der Waals surface area contributed by atoms with Crippen LogP contribution in [0.15, 0.2) is 186 Å². The van der Waals surface area contributed by atoms with Gasteiger partial charge in [-0.15, -0.1) is 11.3 Å². The Bertz CT molecular complexity index is 4670. The molecule has 0 radical (unpaired) electrons. The van der Waals surface area contributed by atoms with Gasteiger partial charge in [0.1, 0.15) is 11.2 Å². The van der Waals surface area contributed by atoms with Crippen LogP contribution >= 0.6 is 11.3 Å². The summed E-state index contributed by atoms with van der Waals surface area (Å²) in [4.78, 5) is 14.2. The normalized spacial score (nSPS) is 16.8. The van der Waals surface area contributed by atoms with Crippen molar-refractivity contribution in [1.29, 1.82) is 0 Å². The van der Waals surface area contributed by atoms with Crippen molar-refractivity contribution in [3.05, 3.63) is 182 Å². The van der Waals surface area contributed by atoms with E-state index in [1.54, 1.807) is 60.7 Å². The number of hydrogen-bond acceptors (Lipinski definition) is 5. The van der Waals surface area contributed by atoms with Crippen LogP contribution < -0.4 is 0 Å². The van der Waals surface area contributed by atoms with E-state index in [0.29, 0.717) is 15.8 Å². The summed E-state index contributed by atoms with van der Waals surface area (Å²) in [6.07, 6.45) is 0. The van der Waals surface area contributed by atoms with Crippen LogP contribution in [0.2, 0.25) is 0 Å². The third-order valence-electron chi connectivity index (χ3n) is 9.62. The van der Waals surface area contributed by atoms with Gasteiger partial charge in [0.25, 0.3) is 0 Å². The quantitative estimate of drug-likeness (QED) is 0.175. The van der Waals surface area contributed by atoms with Gasteiger partial charge in [-0.2, -0.15) is 9.97 Å². The molecule has 0 aliphatic rings. The molecule has 0 unspecified atom stereocenters. The lowest BCUT2D eigenvalue weighted by molar-refractivity contribution is 0.669. The fourth-order valence-electron chi connectivity index (χ4n) is 7.16. The largest absolute Gasteiger partial charge is 0.456 e. The second-order valence-electron chi connectivity index (χ2n) is 12.8. The molecule has 12 aromatic rings. The van der Waals surface area contributed by atoms with Gasteiger partial charge < -0.3 is 4.42 Å². The van der Waals surface area contributed by atoms with Crippen molar-refractivity contribution in [2.45, 2.75) is 0 Å². The van der Waals surface area contributed by atoms with Gasteiger partial charge in [0.2, 0.25) is 5.95 Å². The van der Waals surface area contributed by atoms with Crippen molar-refractivity contribution >= 4 is 75.3 Å². The number of aromatic nitrogens is 4. The summed E-state index contributed by atoms with van der Waals surface area (Å²) in [6.45, 7) is 0. The first-order valence-electron chi connectivity index (χ1n) is 27.4.